The van der Waals surface area contributed by atoms with E-state index in [0.717, 1.165) is 12.1 Å². The fourth-order valence-electron chi connectivity index (χ4n) is 2.72. The van der Waals surface area contributed by atoms with Gasteiger partial charge in [-0.15, -0.1) is 0 Å². The normalized spacial score (nSPS) is 15.4. The highest BCUT2D eigenvalue weighted by Crippen LogP contribution is 2.22. The molecule has 2 aromatic carbocycles. The number of nitrogens with zero attached hydrogens (tertiary/aromatic N) is 1. The molecule has 1 aliphatic rings. The molecule has 2 aromatic rings. The summed E-state index contributed by atoms with van der Waals surface area (Å²) in [4.78, 5) is 13.9. The Balaban J connectivity index is 1.58. The standard InChI is InChI=1S/C18H16F3NO2/c19-15-4-2-1-3-14(15)18(23)22-9-7-12(8-10-22)24-13-5-6-16(20)17(21)11-13/h1-6,11-12H,7-10H2. The first kappa shape index (κ1) is 16.4. The summed E-state index contributed by atoms with van der Waals surface area (Å²) in [5.41, 5.74) is 0.0532. The molecule has 0 bridgehead atoms. The SMILES string of the molecule is O=C(c1ccccc1F)N1CCC(Oc2ccc(F)c(F)c2)CC1. The van der Waals surface area contributed by atoms with E-state index in [4.69, 9.17) is 4.74 Å². The minimum Gasteiger partial charge on any atom is -0.490 e. The third kappa shape index (κ3) is 3.53. The van der Waals surface area contributed by atoms with Crippen molar-refractivity contribution in [2.75, 3.05) is 13.1 Å². The Morgan fingerprint density at radius 2 is 1.67 bits per heavy atom. The summed E-state index contributed by atoms with van der Waals surface area (Å²) < 4.78 is 45.4. The molecule has 0 aromatic heterocycles. The molecule has 3 rings (SSSR count). The van der Waals surface area contributed by atoms with Crippen LogP contribution in [0.2, 0.25) is 0 Å². The van der Waals surface area contributed by atoms with Crippen molar-refractivity contribution >= 4 is 5.91 Å². The number of carbonyl (C=O) groups is 1. The lowest BCUT2D eigenvalue weighted by Gasteiger charge is -2.32. The van der Waals surface area contributed by atoms with E-state index < -0.39 is 17.5 Å². The molecule has 1 saturated heterocycles. The van der Waals surface area contributed by atoms with Gasteiger partial charge in [-0.3, -0.25) is 4.79 Å². The van der Waals surface area contributed by atoms with Crippen molar-refractivity contribution in [3.8, 4) is 5.75 Å². The molecule has 0 unspecified atom stereocenters. The third-order valence-electron chi connectivity index (χ3n) is 4.03. The Labute approximate surface area is 137 Å². The van der Waals surface area contributed by atoms with Crippen LogP contribution in [-0.4, -0.2) is 30.0 Å². The van der Waals surface area contributed by atoms with Gasteiger partial charge in [0.05, 0.1) is 5.56 Å². The molecule has 0 saturated carbocycles. The van der Waals surface area contributed by atoms with Crippen LogP contribution in [0.25, 0.3) is 0 Å². The summed E-state index contributed by atoms with van der Waals surface area (Å²) >= 11 is 0. The lowest BCUT2D eigenvalue weighted by atomic mass is 10.1. The molecule has 0 atom stereocenters. The van der Waals surface area contributed by atoms with Gasteiger partial charge < -0.3 is 9.64 Å². The van der Waals surface area contributed by atoms with Crippen molar-refractivity contribution in [3.63, 3.8) is 0 Å². The Hall–Kier alpha value is -2.50. The van der Waals surface area contributed by atoms with Crippen LogP contribution in [-0.2, 0) is 0 Å². The number of halogens is 3. The maximum Gasteiger partial charge on any atom is 0.256 e. The van der Waals surface area contributed by atoms with Crippen LogP contribution in [0.5, 0.6) is 5.75 Å². The summed E-state index contributed by atoms with van der Waals surface area (Å²) in [5.74, 6) is -2.51. The quantitative estimate of drug-likeness (QED) is 0.854. The molecule has 6 heteroatoms. The minimum atomic E-state index is -0.959. The van der Waals surface area contributed by atoms with E-state index in [1.807, 2.05) is 0 Å². The van der Waals surface area contributed by atoms with E-state index in [9.17, 15) is 18.0 Å². The second kappa shape index (κ2) is 6.95. The highest BCUT2D eigenvalue weighted by Gasteiger charge is 2.26. The van der Waals surface area contributed by atoms with Gasteiger partial charge >= 0.3 is 0 Å². The Kier molecular flexibility index (Phi) is 4.74. The molecule has 126 valence electrons. The topological polar surface area (TPSA) is 29.5 Å². The van der Waals surface area contributed by atoms with Crippen molar-refractivity contribution in [2.45, 2.75) is 18.9 Å². The van der Waals surface area contributed by atoms with Gasteiger partial charge in [0.15, 0.2) is 11.6 Å². The summed E-state index contributed by atoms with van der Waals surface area (Å²) in [6.07, 6.45) is 0.887. The second-order valence-electron chi connectivity index (χ2n) is 5.67. The van der Waals surface area contributed by atoms with Crippen molar-refractivity contribution in [1.29, 1.82) is 0 Å². The predicted molar refractivity (Wildman–Crippen MR) is 82.3 cm³/mol. The average Bonchev–Trinajstić information content (AvgIpc) is 2.59. The molecule has 0 radical (unpaired) electrons. The smallest absolute Gasteiger partial charge is 0.256 e. The van der Waals surface area contributed by atoms with Crippen molar-refractivity contribution in [3.05, 3.63) is 65.5 Å². The van der Waals surface area contributed by atoms with E-state index in [0.29, 0.717) is 25.9 Å². The summed E-state index contributed by atoms with van der Waals surface area (Å²) in [7, 11) is 0. The number of rotatable bonds is 3. The van der Waals surface area contributed by atoms with Crippen molar-refractivity contribution in [2.24, 2.45) is 0 Å². The number of amides is 1. The van der Waals surface area contributed by atoms with Crippen molar-refractivity contribution < 1.29 is 22.7 Å². The highest BCUT2D eigenvalue weighted by atomic mass is 19.2. The molecular formula is C18H16F3NO2. The van der Waals surface area contributed by atoms with Gasteiger partial charge in [0, 0.05) is 32.0 Å². The molecule has 0 N–H and O–H groups in total. The fourth-order valence-corrected chi connectivity index (χ4v) is 2.72. The lowest BCUT2D eigenvalue weighted by molar-refractivity contribution is 0.0590. The van der Waals surface area contributed by atoms with Gasteiger partial charge in [0.2, 0.25) is 0 Å². The molecule has 0 aliphatic carbocycles. The largest absolute Gasteiger partial charge is 0.490 e. The third-order valence-corrected chi connectivity index (χ3v) is 4.03. The number of hydrogen-bond donors (Lipinski definition) is 0. The van der Waals surface area contributed by atoms with Crippen LogP contribution in [0.3, 0.4) is 0 Å². The molecular weight excluding hydrogens is 319 g/mol. The Bertz CT molecular complexity index is 743. The minimum absolute atomic E-state index is 0.0532. The van der Waals surface area contributed by atoms with E-state index in [1.54, 1.807) is 11.0 Å². The lowest BCUT2D eigenvalue weighted by Crippen LogP contribution is -2.42. The zero-order chi connectivity index (χ0) is 17.1. The van der Waals surface area contributed by atoms with Gasteiger partial charge in [0.1, 0.15) is 17.7 Å². The molecule has 1 heterocycles. The van der Waals surface area contributed by atoms with Crippen LogP contribution in [0, 0.1) is 17.5 Å². The number of ether oxygens (including phenoxy) is 1. The fraction of sp³-hybridized carbons (Fsp3) is 0.278. The molecule has 3 nitrogen and oxygen atoms in total. The average molecular weight is 335 g/mol. The number of carbonyl (C=O) groups excluding carboxylic acids is 1. The van der Waals surface area contributed by atoms with Crippen LogP contribution in [0.15, 0.2) is 42.5 Å². The zero-order valence-corrected chi connectivity index (χ0v) is 12.8. The Morgan fingerprint density at radius 1 is 0.958 bits per heavy atom. The maximum absolute atomic E-state index is 13.7. The summed E-state index contributed by atoms with van der Waals surface area (Å²) in [6.45, 7) is 0.836. The van der Waals surface area contributed by atoms with Crippen molar-refractivity contribution in [1.82, 2.24) is 4.90 Å². The van der Waals surface area contributed by atoms with E-state index in [2.05, 4.69) is 0 Å². The molecule has 24 heavy (non-hydrogen) atoms. The first-order valence-electron chi connectivity index (χ1n) is 7.70. The molecule has 1 aliphatic heterocycles. The highest BCUT2D eigenvalue weighted by molar-refractivity contribution is 5.94. The number of piperidine rings is 1. The first-order chi connectivity index (χ1) is 11.5. The molecule has 1 fully saturated rings. The van der Waals surface area contributed by atoms with Gasteiger partial charge in [-0.2, -0.15) is 0 Å². The second-order valence-corrected chi connectivity index (χ2v) is 5.67. The van der Waals surface area contributed by atoms with Gasteiger partial charge in [0.25, 0.3) is 5.91 Å². The zero-order valence-electron chi connectivity index (χ0n) is 12.8. The van der Waals surface area contributed by atoms with E-state index >= 15 is 0 Å². The van der Waals surface area contributed by atoms with Crippen LogP contribution in [0.4, 0.5) is 13.2 Å². The number of likely N-dealkylation sites (tertiary alicyclic amines) is 1. The van der Waals surface area contributed by atoms with Crippen LogP contribution in [0.1, 0.15) is 23.2 Å². The van der Waals surface area contributed by atoms with E-state index in [1.165, 1.54) is 24.3 Å². The number of benzene rings is 2. The molecule has 0 spiro atoms. The van der Waals surface area contributed by atoms with Crippen LogP contribution < -0.4 is 4.74 Å². The van der Waals surface area contributed by atoms with Gasteiger partial charge in [-0.25, -0.2) is 13.2 Å². The molecule has 1 amide bonds. The monoisotopic (exact) mass is 335 g/mol. The summed E-state index contributed by atoms with van der Waals surface area (Å²) in [6, 6.07) is 9.26. The van der Waals surface area contributed by atoms with Gasteiger partial charge in [-0.1, -0.05) is 12.1 Å². The number of hydrogen-bond acceptors (Lipinski definition) is 2. The summed E-state index contributed by atoms with van der Waals surface area (Å²) in [5, 5.41) is 0. The van der Waals surface area contributed by atoms with Crippen LogP contribution >= 0.6 is 0 Å². The van der Waals surface area contributed by atoms with Gasteiger partial charge in [-0.05, 0) is 24.3 Å². The van der Waals surface area contributed by atoms with E-state index in [-0.39, 0.29) is 23.3 Å². The Morgan fingerprint density at radius 3 is 2.33 bits per heavy atom. The maximum atomic E-state index is 13.7. The first-order valence-corrected chi connectivity index (χ1v) is 7.70. The predicted octanol–water partition coefficient (Wildman–Crippen LogP) is 3.79.